The number of hydrogen-bond donors (Lipinski definition) is 1. The molecule has 0 fully saturated rings. The van der Waals surface area contributed by atoms with Crippen molar-refractivity contribution in [3.8, 4) is 0 Å². The van der Waals surface area contributed by atoms with E-state index in [-0.39, 0.29) is 10.8 Å². The number of aliphatic carboxylic acids is 1. The van der Waals surface area contributed by atoms with Crippen molar-refractivity contribution in [2.45, 2.75) is 73.6 Å². The molecule has 0 saturated heterocycles. The summed E-state index contributed by atoms with van der Waals surface area (Å²) in [6, 6.07) is 0. The molecule has 0 saturated carbocycles. The van der Waals surface area contributed by atoms with Gasteiger partial charge in [0.1, 0.15) is 0 Å². The quantitative estimate of drug-likeness (QED) is 0.734. The molecule has 0 aromatic rings. The standard InChI is InChI=1S/C18H30O2/c1-12(2)9-18(15(19)20)10-13-14(11-18)17(5,6)8-7-16(13,3)4/h12H,7-11H2,1-6H3,(H,19,20). The molecule has 2 nitrogen and oxygen atoms in total. The van der Waals surface area contributed by atoms with Crippen LogP contribution >= 0.6 is 0 Å². The number of hydrogen-bond acceptors (Lipinski definition) is 1. The molecular weight excluding hydrogens is 248 g/mol. The fraction of sp³-hybridized carbons (Fsp3) is 0.833. The topological polar surface area (TPSA) is 37.3 Å². The lowest BCUT2D eigenvalue weighted by Crippen LogP contribution is -2.31. The van der Waals surface area contributed by atoms with Gasteiger partial charge in [-0.3, -0.25) is 4.79 Å². The van der Waals surface area contributed by atoms with Crippen LogP contribution in [0.4, 0.5) is 0 Å². The Bertz CT molecular complexity index is 424. The lowest BCUT2D eigenvalue weighted by molar-refractivity contribution is -0.149. The first-order valence-corrected chi connectivity index (χ1v) is 7.97. The van der Waals surface area contributed by atoms with Crippen molar-refractivity contribution in [3.63, 3.8) is 0 Å². The normalized spacial score (nSPS) is 26.8. The second-order valence-electron chi connectivity index (χ2n) is 8.76. The highest BCUT2D eigenvalue weighted by atomic mass is 16.4. The molecule has 0 aromatic heterocycles. The van der Waals surface area contributed by atoms with Crippen LogP contribution in [0.3, 0.4) is 0 Å². The third kappa shape index (κ3) is 2.42. The van der Waals surface area contributed by atoms with Crippen molar-refractivity contribution in [1.82, 2.24) is 0 Å². The van der Waals surface area contributed by atoms with E-state index >= 15 is 0 Å². The van der Waals surface area contributed by atoms with Gasteiger partial charge in [-0.15, -0.1) is 0 Å². The van der Waals surface area contributed by atoms with Crippen LogP contribution in [-0.4, -0.2) is 11.1 Å². The van der Waals surface area contributed by atoms with Gasteiger partial charge in [0.25, 0.3) is 0 Å². The highest BCUT2D eigenvalue weighted by Gasteiger charge is 2.52. The summed E-state index contributed by atoms with van der Waals surface area (Å²) >= 11 is 0. The molecule has 0 atom stereocenters. The van der Waals surface area contributed by atoms with Crippen LogP contribution in [0.25, 0.3) is 0 Å². The molecule has 0 aliphatic heterocycles. The Morgan fingerprint density at radius 3 is 1.75 bits per heavy atom. The largest absolute Gasteiger partial charge is 0.481 e. The zero-order valence-corrected chi connectivity index (χ0v) is 14.0. The summed E-state index contributed by atoms with van der Waals surface area (Å²) < 4.78 is 0. The van der Waals surface area contributed by atoms with Gasteiger partial charge in [0.15, 0.2) is 0 Å². The van der Waals surface area contributed by atoms with Gasteiger partial charge in [0, 0.05) is 0 Å². The number of rotatable bonds is 3. The zero-order valence-electron chi connectivity index (χ0n) is 14.0. The van der Waals surface area contributed by atoms with Gasteiger partial charge in [0.2, 0.25) is 0 Å². The first-order chi connectivity index (χ1) is 9.00. The molecule has 114 valence electrons. The smallest absolute Gasteiger partial charge is 0.310 e. The molecule has 0 unspecified atom stereocenters. The van der Waals surface area contributed by atoms with Gasteiger partial charge in [-0.25, -0.2) is 0 Å². The minimum atomic E-state index is -0.591. The van der Waals surface area contributed by atoms with Crippen LogP contribution in [0.5, 0.6) is 0 Å². The average Bonchev–Trinajstić information content (AvgIpc) is 2.67. The minimum Gasteiger partial charge on any atom is -0.481 e. The van der Waals surface area contributed by atoms with E-state index in [0.717, 1.165) is 19.3 Å². The molecular formula is C18H30O2. The van der Waals surface area contributed by atoms with E-state index < -0.39 is 11.4 Å². The van der Waals surface area contributed by atoms with Crippen molar-refractivity contribution < 1.29 is 9.90 Å². The van der Waals surface area contributed by atoms with E-state index in [2.05, 4.69) is 41.5 Å². The van der Waals surface area contributed by atoms with Crippen LogP contribution in [0.15, 0.2) is 11.1 Å². The monoisotopic (exact) mass is 278 g/mol. The first kappa shape index (κ1) is 15.6. The Hall–Kier alpha value is -0.790. The maximum Gasteiger partial charge on any atom is 0.310 e. The molecule has 0 aromatic carbocycles. The predicted octanol–water partition coefficient (Wildman–Crippen LogP) is 5.04. The number of carboxylic acid groups (broad SMARTS) is 1. The Balaban J connectivity index is 2.43. The Kier molecular flexibility index (Phi) is 3.59. The number of carboxylic acids is 1. The molecule has 0 heterocycles. The fourth-order valence-corrected chi connectivity index (χ4v) is 4.34. The summed E-state index contributed by atoms with van der Waals surface area (Å²) in [5.74, 6) is -0.161. The van der Waals surface area contributed by atoms with Gasteiger partial charge in [-0.2, -0.15) is 0 Å². The fourth-order valence-electron chi connectivity index (χ4n) is 4.34. The summed E-state index contributed by atoms with van der Waals surface area (Å²) in [5.41, 5.74) is 2.73. The van der Waals surface area contributed by atoms with Crippen molar-refractivity contribution in [2.24, 2.45) is 22.2 Å². The van der Waals surface area contributed by atoms with E-state index in [0.29, 0.717) is 5.92 Å². The van der Waals surface area contributed by atoms with E-state index in [4.69, 9.17) is 0 Å². The Morgan fingerprint density at radius 2 is 1.45 bits per heavy atom. The van der Waals surface area contributed by atoms with Crippen molar-refractivity contribution in [1.29, 1.82) is 0 Å². The lowest BCUT2D eigenvalue weighted by atomic mass is 9.64. The van der Waals surface area contributed by atoms with Crippen molar-refractivity contribution in [2.75, 3.05) is 0 Å². The molecule has 0 bridgehead atoms. The van der Waals surface area contributed by atoms with Crippen LogP contribution in [-0.2, 0) is 4.79 Å². The predicted molar refractivity (Wildman–Crippen MR) is 82.6 cm³/mol. The molecule has 0 amide bonds. The van der Waals surface area contributed by atoms with Crippen molar-refractivity contribution >= 4 is 5.97 Å². The third-order valence-corrected chi connectivity index (χ3v) is 5.66. The lowest BCUT2D eigenvalue weighted by Gasteiger charge is -2.41. The zero-order chi connectivity index (χ0) is 15.3. The third-order valence-electron chi connectivity index (χ3n) is 5.66. The van der Waals surface area contributed by atoms with Gasteiger partial charge < -0.3 is 5.11 Å². The molecule has 20 heavy (non-hydrogen) atoms. The maximum atomic E-state index is 12.0. The van der Waals surface area contributed by atoms with Gasteiger partial charge in [0.05, 0.1) is 5.41 Å². The van der Waals surface area contributed by atoms with E-state index in [1.807, 2.05) is 0 Å². The number of carbonyl (C=O) groups is 1. The molecule has 2 aliphatic carbocycles. The van der Waals surface area contributed by atoms with Gasteiger partial charge in [-0.05, 0) is 48.9 Å². The van der Waals surface area contributed by atoms with E-state index in [9.17, 15) is 9.90 Å². The highest BCUT2D eigenvalue weighted by molar-refractivity contribution is 5.77. The van der Waals surface area contributed by atoms with Crippen LogP contribution in [0.1, 0.15) is 73.6 Å². The second-order valence-corrected chi connectivity index (χ2v) is 8.76. The maximum absolute atomic E-state index is 12.0. The molecule has 2 rings (SSSR count). The summed E-state index contributed by atoms with van der Waals surface area (Å²) in [6.07, 6.45) is 4.69. The van der Waals surface area contributed by atoms with E-state index in [1.165, 1.54) is 24.0 Å². The molecule has 2 aliphatic rings. The van der Waals surface area contributed by atoms with Gasteiger partial charge in [-0.1, -0.05) is 52.7 Å². The summed E-state index contributed by atoms with van der Waals surface area (Å²) in [4.78, 5) is 12.0. The second kappa shape index (κ2) is 4.61. The SMILES string of the molecule is CC(C)CC1(C(=O)O)CC2=C(C1)C(C)(C)CCC2(C)C. The van der Waals surface area contributed by atoms with Crippen LogP contribution in [0.2, 0.25) is 0 Å². The highest BCUT2D eigenvalue weighted by Crippen LogP contribution is 2.61. The summed E-state index contributed by atoms with van der Waals surface area (Å²) in [5, 5.41) is 9.87. The first-order valence-electron chi connectivity index (χ1n) is 7.97. The van der Waals surface area contributed by atoms with E-state index in [1.54, 1.807) is 0 Å². The molecule has 0 radical (unpaired) electrons. The molecule has 2 heteroatoms. The van der Waals surface area contributed by atoms with Crippen molar-refractivity contribution in [3.05, 3.63) is 11.1 Å². The van der Waals surface area contributed by atoms with Crippen LogP contribution in [0, 0.1) is 22.2 Å². The summed E-state index contributed by atoms with van der Waals surface area (Å²) in [6.45, 7) is 13.5. The van der Waals surface area contributed by atoms with Gasteiger partial charge >= 0.3 is 5.97 Å². The minimum absolute atomic E-state index is 0.180. The molecule has 1 N–H and O–H groups in total. The Labute approximate surface area is 123 Å². The summed E-state index contributed by atoms with van der Waals surface area (Å²) in [7, 11) is 0. The number of allylic oxidation sites excluding steroid dienone is 2. The Morgan fingerprint density at radius 1 is 1.05 bits per heavy atom. The molecule has 0 spiro atoms. The average molecular weight is 278 g/mol. The van der Waals surface area contributed by atoms with Crippen LogP contribution < -0.4 is 0 Å².